The average molecular weight is 414 g/mol. The van der Waals surface area contributed by atoms with E-state index in [0.717, 1.165) is 39.3 Å². The minimum absolute atomic E-state index is 0.391. The molecule has 1 aromatic heterocycles. The monoisotopic (exact) mass is 413 g/mol. The molecule has 0 unspecified atom stereocenters. The largest absolute Gasteiger partial charge is 0.254 e. The van der Waals surface area contributed by atoms with Crippen molar-refractivity contribution in [3.05, 3.63) is 58.4 Å². The minimum atomic E-state index is 0.391. The molecular formula is C24H23N5S. The molecule has 0 radical (unpaired) electrons. The summed E-state index contributed by atoms with van der Waals surface area (Å²) in [5.41, 5.74) is 3.94. The van der Waals surface area contributed by atoms with Gasteiger partial charge in [0, 0.05) is 18.2 Å². The summed E-state index contributed by atoms with van der Waals surface area (Å²) in [5, 5.41) is 24.2. The lowest BCUT2D eigenvalue weighted by Gasteiger charge is -2.06. The van der Waals surface area contributed by atoms with Crippen LogP contribution >= 0.6 is 11.3 Å². The summed E-state index contributed by atoms with van der Waals surface area (Å²) in [7, 11) is 1.95. The summed E-state index contributed by atoms with van der Waals surface area (Å²) in [6.45, 7) is 0. The van der Waals surface area contributed by atoms with Gasteiger partial charge in [-0.1, -0.05) is 55.2 Å². The van der Waals surface area contributed by atoms with Crippen molar-refractivity contribution in [1.82, 2.24) is 9.78 Å². The SMILES string of the molecule is Cn1nc(-c2ccc(C#N)c(-c3ccc(C#N)cc3)c2)sc1=NC1CCCCCC1. The fourth-order valence-electron chi connectivity index (χ4n) is 3.86. The molecule has 1 saturated carbocycles. The van der Waals surface area contributed by atoms with Gasteiger partial charge in [-0.25, -0.2) is 4.68 Å². The molecule has 3 aromatic rings. The van der Waals surface area contributed by atoms with Gasteiger partial charge in [-0.2, -0.15) is 15.6 Å². The third-order valence-corrected chi connectivity index (χ3v) is 6.60. The molecule has 2 aromatic carbocycles. The van der Waals surface area contributed by atoms with Crippen LogP contribution < -0.4 is 4.80 Å². The molecule has 0 saturated heterocycles. The van der Waals surface area contributed by atoms with Gasteiger partial charge in [0.15, 0.2) is 0 Å². The molecule has 0 N–H and O–H groups in total. The number of hydrogen-bond acceptors (Lipinski definition) is 5. The van der Waals surface area contributed by atoms with E-state index in [1.54, 1.807) is 23.5 Å². The molecule has 150 valence electrons. The molecule has 4 rings (SSSR count). The molecule has 0 spiro atoms. The van der Waals surface area contributed by atoms with Gasteiger partial charge < -0.3 is 0 Å². The Labute approximate surface area is 180 Å². The predicted molar refractivity (Wildman–Crippen MR) is 118 cm³/mol. The lowest BCUT2D eigenvalue weighted by Crippen LogP contribution is -2.16. The Morgan fingerprint density at radius 1 is 0.967 bits per heavy atom. The van der Waals surface area contributed by atoms with Crippen LogP contribution in [0.2, 0.25) is 0 Å². The first kappa shape index (κ1) is 20.1. The lowest BCUT2D eigenvalue weighted by molar-refractivity contribution is 0.561. The van der Waals surface area contributed by atoms with Crippen LogP contribution in [0.1, 0.15) is 49.7 Å². The zero-order valence-corrected chi connectivity index (χ0v) is 17.8. The topological polar surface area (TPSA) is 77.8 Å². The summed E-state index contributed by atoms with van der Waals surface area (Å²) in [6, 6.07) is 17.9. The van der Waals surface area contributed by atoms with E-state index in [0.29, 0.717) is 17.2 Å². The highest BCUT2D eigenvalue weighted by molar-refractivity contribution is 7.12. The predicted octanol–water partition coefficient (Wildman–Crippen LogP) is 5.18. The first-order valence-corrected chi connectivity index (χ1v) is 11.1. The molecule has 1 aliphatic rings. The van der Waals surface area contributed by atoms with Crippen LogP contribution in [0.3, 0.4) is 0 Å². The minimum Gasteiger partial charge on any atom is -0.254 e. The molecule has 1 heterocycles. The van der Waals surface area contributed by atoms with Crippen LogP contribution in [-0.2, 0) is 7.05 Å². The number of benzene rings is 2. The van der Waals surface area contributed by atoms with Gasteiger partial charge in [0.25, 0.3) is 0 Å². The van der Waals surface area contributed by atoms with Crippen molar-refractivity contribution in [2.75, 3.05) is 0 Å². The van der Waals surface area contributed by atoms with Gasteiger partial charge in [-0.05, 0) is 42.7 Å². The zero-order valence-electron chi connectivity index (χ0n) is 17.0. The Balaban J connectivity index is 1.71. The van der Waals surface area contributed by atoms with E-state index in [1.165, 1.54) is 25.7 Å². The van der Waals surface area contributed by atoms with Gasteiger partial charge in [-0.15, -0.1) is 0 Å². The van der Waals surface area contributed by atoms with Gasteiger partial charge in [0.2, 0.25) is 4.80 Å². The van der Waals surface area contributed by atoms with Crippen LogP contribution in [0, 0.1) is 22.7 Å². The first-order chi connectivity index (χ1) is 14.7. The molecule has 6 heteroatoms. The highest BCUT2D eigenvalue weighted by Crippen LogP contribution is 2.30. The molecule has 1 aliphatic carbocycles. The number of aryl methyl sites for hydroxylation is 1. The molecule has 30 heavy (non-hydrogen) atoms. The molecular weight excluding hydrogens is 390 g/mol. The second-order valence-electron chi connectivity index (χ2n) is 7.65. The molecule has 5 nitrogen and oxygen atoms in total. The normalized spacial score (nSPS) is 15.4. The number of aromatic nitrogens is 2. The molecule has 0 bridgehead atoms. The Hall–Kier alpha value is -3.22. The molecule has 1 fully saturated rings. The van der Waals surface area contributed by atoms with E-state index >= 15 is 0 Å². The van der Waals surface area contributed by atoms with Crippen LogP contribution in [0.4, 0.5) is 0 Å². The van der Waals surface area contributed by atoms with Crippen LogP contribution in [0.5, 0.6) is 0 Å². The summed E-state index contributed by atoms with van der Waals surface area (Å²) >= 11 is 1.60. The van der Waals surface area contributed by atoms with E-state index in [-0.39, 0.29) is 0 Å². The third kappa shape index (κ3) is 4.35. The highest BCUT2D eigenvalue weighted by atomic mass is 32.1. The van der Waals surface area contributed by atoms with Crippen LogP contribution in [0.25, 0.3) is 21.7 Å². The second-order valence-corrected chi connectivity index (χ2v) is 8.61. The van der Waals surface area contributed by atoms with Gasteiger partial charge in [0.05, 0.1) is 29.3 Å². The standard InChI is InChI=1S/C24H23N5S/c1-29-24(27-21-6-4-2-3-5-7-21)30-23(28-29)19-12-13-20(16-26)22(14-19)18-10-8-17(15-25)9-11-18/h8-14,21H,2-7H2,1H3. The van der Waals surface area contributed by atoms with Gasteiger partial charge in [-0.3, -0.25) is 4.99 Å². The molecule has 0 amide bonds. The van der Waals surface area contributed by atoms with Gasteiger partial charge in [0.1, 0.15) is 5.01 Å². The van der Waals surface area contributed by atoms with E-state index in [9.17, 15) is 5.26 Å². The fraction of sp³-hybridized carbons (Fsp3) is 0.333. The summed E-state index contributed by atoms with van der Waals surface area (Å²) < 4.78 is 1.87. The summed E-state index contributed by atoms with van der Waals surface area (Å²) in [4.78, 5) is 5.94. The van der Waals surface area contributed by atoms with Crippen molar-refractivity contribution in [3.63, 3.8) is 0 Å². The van der Waals surface area contributed by atoms with Crippen molar-refractivity contribution in [2.24, 2.45) is 12.0 Å². The first-order valence-electron chi connectivity index (χ1n) is 10.3. The van der Waals surface area contributed by atoms with Crippen LogP contribution in [-0.4, -0.2) is 15.8 Å². The fourth-order valence-corrected chi connectivity index (χ4v) is 4.82. The van der Waals surface area contributed by atoms with Crippen LogP contribution in [0.15, 0.2) is 47.5 Å². The maximum Gasteiger partial charge on any atom is 0.203 e. The van der Waals surface area contributed by atoms with E-state index in [4.69, 9.17) is 15.4 Å². The van der Waals surface area contributed by atoms with Gasteiger partial charge >= 0.3 is 0 Å². The molecule has 0 aliphatic heterocycles. The van der Waals surface area contributed by atoms with E-state index in [1.807, 2.05) is 42.1 Å². The number of nitrogens with zero attached hydrogens (tertiary/aromatic N) is 5. The quantitative estimate of drug-likeness (QED) is 0.555. The van der Waals surface area contributed by atoms with Crippen molar-refractivity contribution in [2.45, 2.75) is 44.6 Å². The Morgan fingerprint density at radius 3 is 2.33 bits per heavy atom. The number of rotatable bonds is 3. The van der Waals surface area contributed by atoms with E-state index < -0.39 is 0 Å². The number of nitriles is 2. The Kier molecular flexibility index (Phi) is 6.07. The third-order valence-electron chi connectivity index (χ3n) is 5.54. The van der Waals surface area contributed by atoms with Crippen molar-refractivity contribution < 1.29 is 0 Å². The van der Waals surface area contributed by atoms with Crippen molar-refractivity contribution in [1.29, 1.82) is 10.5 Å². The second kappa shape index (κ2) is 9.07. The summed E-state index contributed by atoms with van der Waals surface area (Å²) in [6.07, 6.45) is 7.46. The van der Waals surface area contributed by atoms with Crippen molar-refractivity contribution >= 4 is 11.3 Å². The maximum absolute atomic E-state index is 9.56. The highest BCUT2D eigenvalue weighted by Gasteiger charge is 2.14. The Morgan fingerprint density at radius 2 is 1.67 bits per heavy atom. The Bertz CT molecular complexity index is 1180. The smallest absolute Gasteiger partial charge is 0.203 e. The van der Waals surface area contributed by atoms with E-state index in [2.05, 4.69) is 12.1 Å². The van der Waals surface area contributed by atoms with Crippen molar-refractivity contribution in [3.8, 4) is 33.8 Å². The zero-order chi connectivity index (χ0) is 20.9. The average Bonchev–Trinajstić information content (AvgIpc) is 2.97. The lowest BCUT2D eigenvalue weighted by atomic mass is 9.97. The molecule has 0 atom stereocenters. The number of hydrogen-bond donors (Lipinski definition) is 0. The maximum atomic E-state index is 9.56. The summed E-state index contributed by atoms with van der Waals surface area (Å²) in [5.74, 6) is 0.